The van der Waals surface area contributed by atoms with Gasteiger partial charge < -0.3 is 23.8 Å². The first kappa shape index (κ1) is 22.2. The second kappa shape index (κ2) is 11.1. The molecule has 0 N–H and O–H groups in total. The van der Waals surface area contributed by atoms with Crippen molar-refractivity contribution in [2.45, 2.75) is 25.7 Å². The normalized spacial score (nSPS) is 15.1. The van der Waals surface area contributed by atoms with Crippen molar-refractivity contribution >= 4 is 0 Å². The number of ether oxygens (including phenoxy) is 4. The SMILES string of the molecule is COc1ccc(OCCC2CCN(CCc3ccc(OC)c(OC)c3)CC2)cc1F. The van der Waals surface area contributed by atoms with Gasteiger partial charge in [0.05, 0.1) is 27.9 Å². The Morgan fingerprint density at radius 1 is 0.900 bits per heavy atom. The van der Waals surface area contributed by atoms with Crippen LogP contribution in [0.25, 0.3) is 0 Å². The molecule has 0 atom stereocenters. The Kier molecular flexibility index (Phi) is 8.20. The summed E-state index contributed by atoms with van der Waals surface area (Å²) in [5.74, 6) is 2.61. The molecule has 164 valence electrons. The van der Waals surface area contributed by atoms with Crippen LogP contribution in [0.5, 0.6) is 23.0 Å². The number of methoxy groups -OCH3 is 3. The van der Waals surface area contributed by atoms with Crippen molar-refractivity contribution in [3.05, 3.63) is 47.8 Å². The molecule has 5 nitrogen and oxygen atoms in total. The molecule has 0 spiro atoms. The average molecular weight is 418 g/mol. The Bertz CT molecular complexity index is 806. The molecule has 0 unspecified atom stereocenters. The molecule has 2 aromatic carbocycles. The lowest BCUT2D eigenvalue weighted by molar-refractivity contribution is 0.164. The largest absolute Gasteiger partial charge is 0.494 e. The number of halogens is 1. The fraction of sp³-hybridized carbons (Fsp3) is 0.500. The van der Waals surface area contributed by atoms with Crippen LogP contribution in [0.2, 0.25) is 0 Å². The third kappa shape index (κ3) is 6.02. The highest BCUT2D eigenvalue weighted by molar-refractivity contribution is 5.43. The van der Waals surface area contributed by atoms with Gasteiger partial charge in [-0.2, -0.15) is 0 Å². The van der Waals surface area contributed by atoms with Gasteiger partial charge in [-0.05, 0) is 74.5 Å². The van der Waals surface area contributed by atoms with Crippen LogP contribution < -0.4 is 18.9 Å². The summed E-state index contributed by atoms with van der Waals surface area (Å²) in [6.07, 6.45) is 4.34. The van der Waals surface area contributed by atoms with Crippen molar-refractivity contribution in [2.75, 3.05) is 47.6 Å². The minimum Gasteiger partial charge on any atom is -0.494 e. The van der Waals surface area contributed by atoms with E-state index in [1.54, 1.807) is 26.4 Å². The maximum atomic E-state index is 13.7. The van der Waals surface area contributed by atoms with E-state index in [1.807, 2.05) is 6.07 Å². The zero-order chi connectivity index (χ0) is 21.3. The minimum absolute atomic E-state index is 0.239. The van der Waals surface area contributed by atoms with Crippen molar-refractivity contribution in [3.63, 3.8) is 0 Å². The lowest BCUT2D eigenvalue weighted by Gasteiger charge is -2.32. The molecule has 1 fully saturated rings. The fourth-order valence-electron chi connectivity index (χ4n) is 3.90. The standard InChI is InChI=1S/C24H32FNO4/c1-27-22-7-5-20(17-21(22)25)30-15-11-18-8-12-26(13-9-18)14-10-19-4-6-23(28-2)24(16-19)29-3/h4-7,16-18H,8-15H2,1-3H3. The molecular weight excluding hydrogens is 385 g/mol. The molecule has 2 aromatic rings. The first-order chi connectivity index (χ1) is 14.6. The highest BCUT2D eigenvalue weighted by Crippen LogP contribution is 2.28. The predicted octanol–water partition coefficient (Wildman–Crippen LogP) is 4.58. The van der Waals surface area contributed by atoms with Gasteiger partial charge in [-0.1, -0.05) is 6.07 Å². The smallest absolute Gasteiger partial charge is 0.168 e. The summed E-state index contributed by atoms with van der Waals surface area (Å²) in [6.45, 7) is 3.87. The monoisotopic (exact) mass is 417 g/mol. The van der Waals surface area contributed by atoms with Gasteiger partial charge in [0.15, 0.2) is 23.1 Å². The molecule has 1 aliphatic rings. The van der Waals surface area contributed by atoms with Gasteiger partial charge in [0.1, 0.15) is 5.75 Å². The molecule has 6 heteroatoms. The summed E-state index contributed by atoms with van der Waals surface area (Å²) in [5, 5.41) is 0. The molecule has 1 aliphatic heterocycles. The van der Waals surface area contributed by atoms with Crippen molar-refractivity contribution in [3.8, 4) is 23.0 Å². The predicted molar refractivity (Wildman–Crippen MR) is 115 cm³/mol. The summed E-state index contributed by atoms with van der Waals surface area (Å²) >= 11 is 0. The van der Waals surface area contributed by atoms with Gasteiger partial charge in [0.2, 0.25) is 0 Å². The molecule has 0 aromatic heterocycles. The third-order valence-electron chi connectivity index (χ3n) is 5.79. The molecule has 3 rings (SSSR count). The molecule has 0 saturated carbocycles. The van der Waals surface area contributed by atoms with Crippen LogP contribution in [0.1, 0.15) is 24.8 Å². The van der Waals surface area contributed by atoms with Gasteiger partial charge >= 0.3 is 0 Å². The van der Waals surface area contributed by atoms with E-state index in [1.165, 1.54) is 31.6 Å². The van der Waals surface area contributed by atoms with E-state index in [-0.39, 0.29) is 5.75 Å². The summed E-state index contributed by atoms with van der Waals surface area (Å²) < 4.78 is 35.1. The highest BCUT2D eigenvalue weighted by Gasteiger charge is 2.19. The van der Waals surface area contributed by atoms with Crippen LogP contribution >= 0.6 is 0 Å². The number of hydrogen-bond acceptors (Lipinski definition) is 5. The molecule has 30 heavy (non-hydrogen) atoms. The fourth-order valence-corrected chi connectivity index (χ4v) is 3.90. The van der Waals surface area contributed by atoms with Crippen molar-refractivity contribution in [1.82, 2.24) is 4.90 Å². The Balaban J connectivity index is 1.36. The van der Waals surface area contributed by atoms with Crippen LogP contribution in [0.4, 0.5) is 4.39 Å². The van der Waals surface area contributed by atoms with Crippen LogP contribution in [0.3, 0.4) is 0 Å². The first-order valence-electron chi connectivity index (χ1n) is 10.5. The average Bonchev–Trinajstić information content (AvgIpc) is 2.78. The maximum absolute atomic E-state index is 13.7. The molecule has 0 radical (unpaired) electrons. The number of benzene rings is 2. The summed E-state index contributed by atoms with van der Waals surface area (Å²) in [7, 11) is 4.78. The van der Waals surface area contributed by atoms with Gasteiger partial charge in [-0.25, -0.2) is 4.39 Å². The Morgan fingerprint density at radius 3 is 2.27 bits per heavy atom. The minimum atomic E-state index is -0.391. The number of nitrogens with zero attached hydrogens (tertiary/aromatic N) is 1. The lowest BCUT2D eigenvalue weighted by atomic mass is 9.93. The number of piperidine rings is 1. The molecule has 0 aliphatic carbocycles. The quantitative estimate of drug-likeness (QED) is 0.566. The molecule has 1 saturated heterocycles. The van der Waals surface area contributed by atoms with E-state index in [0.29, 0.717) is 18.3 Å². The van der Waals surface area contributed by atoms with Crippen LogP contribution in [0, 0.1) is 11.7 Å². The number of likely N-dealkylation sites (tertiary alicyclic amines) is 1. The first-order valence-corrected chi connectivity index (χ1v) is 10.5. The number of hydrogen-bond donors (Lipinski definition) is 0. The van der Waals surface area contributed by atoms with Crippen LogP contribution in [0.15, 0.2) is 36.4 Å². The van der Waals surface area contributed by atoms with Gasteiger partial charge in [-0.3, -0.25) is 0 Å². The zero-order valence-corrected chi connectivity index (χ0v) is 18.2. The third-order valence-corrected chi connectivity index (χ3v) is 5.79. The zero-order valence-electron chi connectivity index (χ0n) is 18.2. The van der Waals surface area contributed by atoms with E-state index >= 15 is 0 Å². The second-order valence-corrected chi connectivity index (χ2v) is 7.66. The second-order valence-electron chi connectivity index (χ2n) is 7.66. The summed E-state index contributed by atoms with van der Waals surface area (Å²) in [5.41, 5.74) is 1.26. The maximum Gasteiger partial charge on any atom is 0.168 e. The van der Waals surface area contributed by atoms with E-state index in [2.05, 4.69) is 17.0 Å². The van der Waals surface area contributed by atoms with Crippen LogP contribution in [-0.2, 0) is 6.42 Å². The van der Waals surface area contributed by atoms with E-state index in [9.17, 15) is 4.39 Å². The van der Waals surface area contributed by atoms with Crippen molar-refractivity contribution in [1.29, 1.82) is 0 Å². The Morgan fingerprint density at radius 2 is 1.60 bits per heavy atom. The van der Waals surface area contributed by atoms with Crippen LogP contribution in [-0.4, -0.2) is 52.5 Å². The number of rotatable bonds is 10. The van der Waals surface area contributed by atoms with Gasteiger partial charge in [-0.15, -0.1) is 0 Å². The summed E-state index contributed by atoms with van der Waals surface area (Å²) in [6, 6.07) is 10.9. The molecule has 0 bridgehead atoms. The Labute approximate surface area is 178 Å². The van der Waals surface area contributed by atoms with Crippen molar-refractivity contribution < 1.29 is 23.3 Å². The topological polar surface area (TPSA) is 40.2 Å². The molecule has 0 amide bonds. The van der Waals surface area contributed by atoms with Gasteiger partial charge in [0, 0.05) is 12.6 Å². The van der Waals surface area contributed by atoms with Gasteiger partial charge in [0.25, 0.3) is 0 Å². The molecule has 1 heterocycles. The van der Waals surface area contributed by atoms with E-state index in [4.69, 9.17) is 18.9 Å². The van der Waals surface area contributed by atoms with E-state index < -0.39 is 5.82 Å². The summed E-state index contributed by atoms with van der Waals surface area (Å²) in [4.78, 5) is 2.52. The van der Waals surface area contributed by atoms with Crippen molar-refractivity contribution in [2.24, 2.45) is 5.92 Å². The lowest BCUT2D eigenvalue weighted by Crippen LogP contribution is -2.35. The van der Waals surface area contributed by atoms with E-state index in [0.717, 1.165) is 44.0 Å². The molecular formula is C24H32FNO4. The Hall–Kier alpha value is -2.47. The highest BCUT2D eigenvalue weighted by atomic mass is 19.1.